The van der Waals surface area contributed by atoms with Crippen LogP contribution in [0, 0.1) is 5.21 Å². The van der Waals surface area contributed by atoms with Crippen LogP contribution in [-0.2, 0) is 27.9 Å². The maximum Gasteiger partial charge on any atom is 0.228 e. The molecule has 0 radical (unpaired) electrons. The number of hydrogen-bond donors (Lipinski definition) is 1. The van der Waals surface area contributed by atoms with Crippen LogP contribution in [0.25, 0.3) is 0 Å². The molecule has 0 saturated carbocycles. The van der Waals surface area contributed by atoms with E-state index in [9.17, 15) is 13.6 Å². The summed E-state index contributed by atoms with van der Waals surface area (Å²) in [5, 5.41) is 12.7. The minimum Gasteiger partial charge on any atom is -0.618 e. The molecule has 188 valence electrons. The van der Waals surface area contributed by atoms with Crippen LogP contribution in [0.2, 0.25) is 0 Å². The number of nitrogens with zero attached hydrogens (tertiary/aromatic N) is 1. The molecule has 0 amide bonds. The summed E-state index contributed by atoms with van der Waals surface area (Å²) in [6, 6.07) is 15.9. The minimum absolute atomic E-state index is 0.0283. The molecule has 3 aromatic rings. The molecule has 1 aromatic heterocycles. The lowest BCUT2D eigenvalue weighted by atomic mass is 10.2. The fourth-order valence-corrected chi connectivity index (χ4v) is 4.00. The van der Waals surface area contributed by atoms with Crippen LogP contribution in [0.3, 0.4) is 0 Å². The van der Waals surface area contributed by atoms with Gasteiger partial charge in [0.1, 0.15) is 24.7 Å². The molecule has 2 N–H and O–H groups in total. The van der Waals surface area contributed by atoms with Crippen molar-refractivity contribution in [3.05, 3.63) is 82.8 Å². The molecule has 0 bridgehead atoms. The van der Waals surface area contributed by atoms with E-state index in [4.69, 9.17) is 29.7 Å². The number of pyridine rings is 1. The van der Waals surface area contributed by atoms with Gasteiger partial charge in [-0.2, -0.15) is 4.73 Å². The van der Waals surface area contributed by atoms with E-state index in [1.54, 1.807) is 38.5 Å². The molecule has 3 rings (SSSR count). The Kier molecular flexibility index (Phi) is 8.74. The van der Waals surface area contributed by atoms with Gasteiger partial charge in [-0.1, -0.05) is 24.3 Å². The van der Waals surface area contributed by atoms with Gasteiger partial charge < -0.3 is 24.2 Å². The molecular weight excluding hydrogens is 476 g/mol. The minimum atomic E-state index is -3.49. The molecule has 1 atom stereocenters. The van der Waals surface area contributed by atoms with Crippen molar-refractivity contribution < 1.29 is 36.9 Å². The summed E-state index contributed by atoms with van der Waals surface area (Å²) in [6.07, 6.45) is 0.999. The van der Waals surface area contributed by atoms with Crippen molar-refractivity contribution in [2.24, 2.45) is 5.90 Å². The molecule has 35 heavy (non-hydrogen) atoms. The summed E-state index contributed by atoms with van der Waals surface area (Å²) in [5.41, 5.74) is 1.66. The highest BCUT2D eigenvalue weighted by Gasteiger charge is 2.28. The molecule has 0 saturated heterocycles. The molecular formula is C24H28N2O8S. The normalized spacial score (nSPS) is 12.1. The first-order chi connectivity index (χ1) is 16.7. The Bertz CT molecular complexity index is 1220. The van der Waals surface area contributed by atoms with E-state index in [0.717, 1.165) is 23.6 Å². The van der Waals surface area contributed by atoms with Crippen LogP contribution in [0.1, 0.15) is 22.9 Å². The van der Waals surface area contributed by atoms with Gasteiger partial charge in [-0.3, -0.25) is 4.84 Å². The highest BCUT2D eigenvalue weighted by molar-refractivity contribution is 7.90. The first kappa shape index (κ1) is 26.1. The number of hydrogen-bond acceptors (Lipinski definition) is 9. The van der Waals surface area contributed by atoms with Crippen molar-refractivity contribution in [1.82, 2.24) is 0 Å². The molecule has 0 aliphatic carbocycles. The van der Waals surface area contributed by atoms with Gasteiger partial charge in [-0.15, -0.1) is 0 Å². The van der Waals surface area contributed by atoms with E-state index < -0.39 is 21.7 Å². The van der Waals surface area contributed by atoms with Gasteiger partial charge in [0, 0.05) is 6.26 Å². The van der Waals surface area contributed by atoms with Gasteiger partial charge in [0.25, 0.3) is 0 Å². The predicted molar refractivity (Wildman–Crippen MR) is 128 cm³/mol. The molecule has 1 heterocycles. The van der Waals surface area contributed by atoms with E-state index in [2.05, 4.69) is 0 Å². The predicted octanol–water partition coefficient (Wildman–Crippen LogP) is 2.47. The van der Waals surface area contributed by atoms with Crippen molar-refractivity contribution in [3.8, 4) is 23.0 Å². The Labute approximate surface area is 204 Å². The second kappa shape index (κ2) is 11.7. The second-order valence-corrected chi connectivity index (χ2v) is 9.93. The van der Waals surface area contributed by atoms with E-state index in [1.807, 2.05) is 24.3 Å². The van der Waals surface area contributed by atoms with Gasteiger partial charge in [-0.05, 0) is 35.4 Å². The Morgan fingerprint density at radius 1 is 0.886 bits per heavy atom. The third-order valence-corrected chi connectivity index (χ3v) is 5.97. The fourth-order valence-electron chi connectivity index (χ4n) is 3.20. The molecule has 0 aliphatic rings. The third-order valence-electron chi connectivity index (χ3n) is 5.07. The monoisotopic (exact) mass is 504 g/mol. The molecule has 10 nitrogen and oxygen atoms in total. The van der Waals surface area contributed by atoms with Crippen molar-refractivity contribution in [2.75, 3.05) is 26.2 Å². The summed E-state index contributed by atoms with van der Waals surface area (Å²) in [6.45, 7) is 0.313. The van der Waals surface area contributed by atoms with E-state index >= 15 is 0 Å². The summed E-state index contributed by atoms with van der Waals surface area (Å²) in [7, 11) is -0.333. The Hall–Kier alpha value is -3.54. The largest absolute Gasteiger partial charge is 0.618 e. The average molecular weight is 505 g/mol. The van der Waals surface area contributed by atoms with Crippen molar-refractivity contribution in [2.45, 2.75) is 19.3 Å². The highest BCUT2D eigenvalue weighted by atomic mass is 32.2. The quantitative estimate of drug-likeness (QED) is 0.224. The number of methoxy groups -OCH3 is 2. The molecule has 2 aromatic carbocycles. The maximum absolute atomic E-state index is 12.7. The van der Waals surface area contributed by atoms with Crippen LogP contribution in [0.15, 0.2) is 60.8 Å². The molecule has 0 aliphatic heterocycles. The van der Waals surface area contributed by atoms with Crippen LogP contribution in [0.5, 0.6) is 23.0 Å². The van der Waals surface area contributed by atoms with Crippen LogP contribution in [0.4, 0.5) is 0 Å². The zero-order valence-electron chi connectivity index (χ0n) is 19.7. The van der Waals surface area contributed by atoms with E-state index in [0.29, 0.717) is 16.2 Å². The summed E-state index contributed by atoms with van der Waals surface area (Å²) in [4.78, 5) is 4.81. The van der Waals surface area contributed by atoms with Gasteiger partial charge >= 0.3 is 0 Å². The van der Waals surface area contributed by atoms with Gasteiger partial charge in [0.05, 0.1) is 26.0 Å². The first-order valence-electron chi connectivity index (χ1n) is 10.5. The van der Waals surface area contributed by atoms with Gasteiger partial charge in [0.15, 0.2) is 21.7 Å². The Morgan fingerprint density at radius 2 is 1.37 bits per heavy atom. The van der Waals surface area contributed by atoms with Crippen LogP contribution >= 0.6 is 0 Å². The second-order valence-electron chi connectivity index (χ2n) is 7.74. The average Bonchev–Trinajstić information content (AvgIpc) is 2.85. The van der Waals surface area contributed by atoms with Crippen LogP contribution < -0.4 is 29.6 Å². The topological polar surface area (TPSA) is 133 Å². The first-order valence-corrected chi connectivity index (χ1v) is 12.6. The lowest BCUT2D eigenvalue weighted by Gasteiger charge is -2.17. The van der Waals surface area contributed by atoms with Crippen molar-refractivity contribution in [1.29, 1.82) is 0 Å². The zero-order valence-corrected chi connectivity index (χ0v) is 20.5. The van der Waals surface area contributed by atoms with Crippen molar-refractivity contribution in [3.63, 3.8) is 0 Å². The molecule has 11 heteroatoms. The smallest absolute Gasteiger partial charge is 0.228 e. The standard InChI is InChI=1S/C24H28N2O8S/c1-30-19-8-4-17(5-9-19)14-32-22-12-21(24(34-25)16-35(3,28)29)26(27)13-23(22)33-15-18-6-10-20(31-2)11-7-18/h4-13,24H,14-16,25H2,1-3H3. The van der Waals surface area contributed by atoms with Crippen molar-refractivity contribution >= 4 is 9.84 Å². The number of aromatic nitrogens is 1. The number of ether oxygens (including phenoxy) is 4. The fraction of sp³-hybridized carbons (Fsp3) is 0.292. The van der Waals surface area contributed by atoms with Gasteiger partial charge in [0.2, 0.25) is 17.6 Å². The maximum atomic E-state index is 12.7. The third kappa shape index (κ3) is 7.47. The number of nitrogens with two attached hydrogens (primary N) is 1. The Morgan fingerprint density at radius 3 is 1.80 bits per heavy atom. The summed E-state index contributed by atoms with van der Waals surface area (Å²) >= 11 is 0. The van der Waals surface area contributed by atoms with E-state index in [-0.39, 0.29) is 30.4 Å². The zero-order chi connectivity index (χ0) is 25.4. The van der Waals surface area contributed by atoms with Crippen LogP contribution in [-0.4, -0.2) is 34.6 Å². The molecule has 0 fully saturated rings. The number of rotatable bonds is 12. The summed E-state index contributed by atoms with van der Waals surface area (Å²) < 4.78 is 46.2. The number of sulfone groups is 1. The number of benzene rings is 2. The lowest BCUT2D eigenvalue weighted by Crippen LogP contribution is -2.37. The SMILES string of the molecule is COc1ccc(COc2cc(C(CS(C)(=O)=O)ON)[n+]([O-])cc2OCc2ccc(OC)cc2)cc1. The lowest BCUT2D eigenvalue weighted by molar-refractivity contribution is -0.619. The van der Waals surface area contributed by atoms with Gasteiger partial charge in [-0.25, -0.2) is 14.3 Å². The van der Waals surface area contributed by atoms with E-state index in [1.165, 1.54) is 6.07 Å². The molecule has 1 unspecified atom stereocenters. The highest BCUT2D eigenvalue weighted by Crippen LogP contribution is 2.31. The molecule has 0 spiro atoms. The summed E-state index contributed by atoms with van der Waals surface area (Å²) in [5.74, 6) is 6.64. The Balaban J connectivity index is 1.88.